The number of sulfonamides is 1. The van der Waals surface area contributed by atoms with Crippen LogP contribution in [0, 0.1) is 6.92 Å². The quantitative estimate of drug-likeness (QED) is 0.768. The molecule has 2 aromatic rings. The fourth-order valence-corrected chi connectivity index (χ4v) is 3.61. The molecule has 0 radical (unpaired) electrons. The van der Waals surface area contributed by atoms with E-state index >= 15 is 0 Å². The first-order valence-corrected chi connectivity index (χ1v) is 8.53. The molecule has 0 N–H and O–H groups in total. The zero-order valence-corrected chi connectivity index (χ0v) is 14.0. The predicted molar refractivity (Wildman–Crippen MR) is 88.0 cm³/mol. The van der Waals surface area contributed by atoms with E-state index < -0.39 is 21.8 Å². The number of hydrogen-bond acceptors (Lipinski definition) is 3. The van der Waals surface area contributed by atoms with Gasteiger partial charge >= 0.3 is 0 Å². The summed E-state index contributed by atoms with van der Waals surface area (Å²) in [6.07, 6.45) is 0. The normalized spacial score (nSPS) is 11.2. The molecule has 0 unspecified atom stereocenters. The maximum absolute atomic E-state index is 12.7. The van der Waals surface area contributed by atoms with Crippen molar-refractivity contribution < 1.29 is 13.2 Å². The van der Waals surface area contributed by atoms with Gasteiger partial charge in [-0.3, -0.25) is 9.10 Å². The van der Waals surface area contributed by atoms with Crippen molar-refractivity contribution in [2.75, 3.05) is 10.8 Å². The summed E-state index contributed by atoms with van der Waals surface area (Å²) in [7, 11) is -3.89. The Morgan fingerprint density at radius 2 is 1.59 bits per heavy atom. The van der Waals surface area contributed by atoms with E-state index in [9.17, 15) is 13.2 Å². The summed E-state index contributed by atoms with van der Waals surface area (Å²) < 4.78 is 26.5. The van der Waals surface area contributed by atoms with Crippen molar-refractivity contribution in [3.8, 4) is 0 Å². The van der Waals surface area contributed by atoms with Crippen LogP contribution in [0.25, 0.3) is 0 Å². The van der Waals surface area contributed by atoms with E-state index in [1.54, 1.807) is 24.3 Å². The van der Waals surface area contributed by atoms with Gasteiger partial charge in [0.1, 0.15) is 6.54 Å². The molecular weight excluding hydrogens is 345 g/mol. The number of rotatable bonds is 5. The van der Waals surface area contributed by atoms with E-state index in [-0.39, 0.29) is 4.90 Å². The summed E-state index contributed by atoms with van der Waals surface area (Å²) in [5.74, 6) is 0. The third-order valence-corrected chi connectivity index (χ3v) is 5.15. The van der Waals surface area contributed by atoms with Crippen molar-refractivity contribution in [2.45, 2.75) is 11.8 Å². The Hall–Kier alpha value is -1.56. The van der Waals surface area contributed by atoms with E-state index in [4.69, 9.17) is 23.2 Å². The molecule has 0 aliphatic rings. The molecule has 0 atom stereocenters. The largest absolute Gasteiger partial charge is 0.279 e. The van der Waals surface area contributed by atoms with E-state index in [2.05, 4.69) is 0 Å². The van der Waals surface area contributed by atoms with Crippen molar-refractivity contribution >= 4 is 44.2 Å². The average Bonchev–Trinajstić information content (AvgIpc) is 2.46. The van der Waals surface area contributed by atoms with Crippen LogP contribution in [-0.2, 0) is 14.8 Å². The molecule has 2 aromatic carbocycles. The zero-order chi connectivity index (χ0) is 16.3. The second-order valence-corrected chi connectivity index (χ2v) is 7.38. The van der Waals surface area contributed by atoms with E-state index in [1.807, 2.05) is 6.92 Å². The highest BCUT2D eigenvalue weighted by Crippen LogP contribution is 2.25. The van der Waals surface area contributed by atoms with Crippen molar-refractivity contribution in [1.29, 1.82) is 0 Å². The maximum Gasteiger partial charge on any atom is 0.264 e. The zero-order valence-electron chi connectivity index (χ0n) is 11.7. The number of benzene rings is 2. The summed E-state index contributed by atoms with van der Waals surface area (Å²) in [6.45, 7) is 1.40. The summed E-state index contributed by atoms with van der Waals surface area (Å²) in [6, 6.07) is 12.5. The SMILES string of the molecule is Cc1ccc(S(=O)(=O)N(CC(=O)Cl)c2ccc(Cl)cc2)cc1. The number of carbonyl (C=O) groups excluding carboxylic acids is 1. The number of halogens is 2. The Kier molecular flexibility index (Phi) is 5.11. The van der Waals surface area contributed by atoms with Crippen LogP contribution in [0.2, 0.25) is 5.02 Å². The van der Waals surface area contributed by atoms with Crippen molar-refractivity contribution in [2.24, 2.45) is 0 Å². The van der Waals surface area contributed by atoms with Gasteiger partial charge in [-0.05, 0) is 54.9 Å². The summed E-state index contributed by atoms with van der Waals surface area (Å²) in [5, 5.41) is -0.306. The minimum absolute atomic E-state index is 0.0889. The lowest BCUT2D eigenvalue weighted by Crippen LogP contribution is -2.34. The average molecular weight is 358 g/mol. The molecular formula is C15H13Cl2NO3S. The molecule has 4 nitrogen and oxygen atoms in total. The van der Waals surface area contributed by atoms with Crippen molar-refractivity contribution in [1.82, 2.24) is 0 Å². The van der Waals surface area contributed by atoms with Gasteiger partial charge in [0, 0.05) is 5.02 Å². The second kappa shape index (κ2) is 6.69. The Labute approximate surface area is 139 Å². The minimum Gasteiger partial charge on any atom is -0.279 e. The molecule has 22 heavy (non-hydrogen) atoms. The van der Waals surface area contributed by atoms with Crippen LogP contribution in [0.3, 0.4) is 0 Å². The van der Waals surface area contributed by atoms with Gasteiger partial charge in [-0.1, -0.05) is 29.3 Å². The molecule has 0 heterocycles. The summed E-state index contributed by atoms with van der Waals surface area (Å²) >= 11 is 11.2. The molecule has 0 amide bonds. The molecule has 0 aliphatic carbocycles. The van der Waals surface area contributed by atoms with Gasteiger partial charge in [-0.25, -0.2) is 8.42 Å². The first-order valence-electron chi connectivity index (χ1n) is 6.34. The third-order valence-electron chi connectivity index (χ3n) is 2.99. The third kappa shape index (κ3) is 3.80. The monoisotopic (exact) mass is 357 g/mol. The summed E-state index contributed by atoms with van der Waals surface area (Å²) in [4.78, 5) is 11.3. The predicted octanol–water partition coefficient (Wildman–Crippen LogP) is 3.61. The number of carbonyl (C=O) groups is 1. The Bertz CT molecular complexity index is 771. The Morgan fingerprint density at radius 3 is 2.09 bits per heavy atom. The van der Waals surface area contributed by atoms with Gasteiger partial charge in [0.15, 0.2) is 0 Å². The molecule has 0 bridgehead atoms. The number of hydrogen-bond donors (Lipinski definition) is 0. The molecule has 0 saturated carbocycles. The van der Waals surface area contributed by atoms with Crippen LogP contribution >= 0.6 is 23.2 Å². The van der Waals surface area contributed by atoms with Gasteiger partial charge < -0.3 is 0 Å². The van der Waals surface area contributed by atoms with Gasteiger partial charge in [-0.15, -0.1) is 0 Å². The van der Waals surface area contributed by atoms with Crippen LogP contribution in [0.5, 0.6) is 0 Å². The molecule has 0 spiro atoms. The van der Waals surface area contributed by atoms with Gasteiger partial charge in [-0.2, -0.15) is 0 Å². The molecule has 2 rings (SSSR count). The highest BCUT2D eigenvalue weighted by molar-refractivity contribution is 7.92. The first-order chi connectivity index (χ1) is 10.3. The lowest BCUT2D eigenvalue weighted by atomic mass is 10.2. The fraction of sp³-hybridized carbons (Fsp3) is 0.133. The van der Waals surface area contributed by atoms with Crippen LogP contribution in [-0.4, -0.2) is 20.2 Å². The van der Waals surface area contributed by atoms with Crippen LogP contribution in [0.1, 0.15) is 5.56 Å². The lowest BCUT2D eigenvalue weighted by molar-refractivity contribution is -0.110. The van der Waals surface area contributed by atoms with Gasteiger partial charge in [0.05, 0.1) is 10.6 Å². The van der Waals surface area contributed by atoms with Crippen LogP contribution in [0.4, 0.5) is 5.69 Å². The van der Waals surface area contributed by atoms with E-state index in [1.165, 1.54) is 24.3 Å². The molecule has 116 valence electrons. The Morgan fingerprint density at radius 1 is 1.05 bits per heavy atom. The van der Waals surface area contributed by atoms with Crippen molar-refractivity contribution in [3.05, 3.63) is 59.1 Å². The van der Waals surface area contributed by atoms with Crippen LogP contribution in [0.15, 0.2) is 53.4 Å². The Balaban J connectivity index is 2.50. The van der Waals surface area contributed by atoms with Crippen LogP contribution < -0.4 is 4.31 Å². The fourth-order valence-electron chi connectivity index (χ4n) is 1.87. The second-order valence-electron chi connectivity index (χ2n) is 4.66. The molecule has 7 heteroatoms. The molecule has 0 fully saturated rings. The highest BCUT2D eigenvalue weighted by atomic mass is 35.5. The standard InChI is InChI=1S/C15H13Cl2NO3S/c1-11-2-8-14(9-3-11)22(20,21)18(10-15(17)19)13-6-4-12(16)5-7-13/h2-9H,10H2,1H3. The number of aryl methyl sites for hydroxylation is 1. The summed E-state index contributed by atoms with van der Waals surface area (Å²) in [5.41, 5.74) is 1.25. The topological polar surface area (TPSA) is 54.5 Å². The molecule has 0 aromatic heterocycles. The van der Waals surface area contributed by atoms with Crippen molar-refractivity contribution in [3.63, 3.8) is 0 Å². The maximum atomic E-state index is 12.7. The van der Waals surface area contributed by atoms with E-state index in [0.29, 0.717) is 10.7 Å². The van der Waals surface area contributed by atoms with Gasteiger partial charge in [0.2, 0.25) is 5.24 Å². The number of anilines is 1. The minimum atomic E-state index is -3.89. The number of nitrogens with zero attached hydrogens (tertiary/aromatic N) is 1. The molecule has 0 aliphatic heterocycles. The lowest BCUT2D eigenvalue weighted by Gasteiger charge is -2.23. The van der Waals surface area contributed by atoms with E-state index in [0.717, 1.165) is 9.87 Å². The highest BCUT2D eigenvalue weighted by Gasteiger charge is 2.26. The smallest absolute Gasteiger partial charge is 0.264 e. The first kappa shape index (κ1) is 16.8. The molecule has 0 saturated heterocycles. The van der Waals surface area contributed by atoms with Gasteiger partial charge in [0.25, 0.3) is 10.0 Å².